The number of halogens is 1. The number of aliphatic carboxylic acids is 1. The highest BCUT2D eigenvalue weighted by atomic mass is 19.1. The number of H-pyrrole nitrogens is 1. The van der Waals surface area contributed by atoms with Crippen molar-refractivity contribution in [2.24, 2.45) is 0 Å². The Morgan fingerprint density at radius 2 is 2.30 bits per heavy atom. The molecule has 2 aromatic heterocycles. The van der Waals surface area contributed by atoms with E-state index < -0.39 is 17.4 Å². The highest BCUT2D eigenvalue weighted by Crippen LogP contribution is 2.36. The van der Waals surface area contributed by atoms with Crippen molar-refractivity contribution in [1.29, 1.82) is 5.26 Å². The third-order valence-electron chi connectivity index (χ3n) is 4.61. The molecule has 0 spiro atoms. The van der Waals surface area contributed by atoms with Crippen LogP contribution in [0.2, 0.25) is 0 Å². The number of hydrogen-bond donors (Lipinski definition) is 3. The quantitative estimate of drug-likeness (QED) is 0.738. The number of nitriles is 1. The minimum absolute atomic E-state index is 0.0572. The van der Waals surface area contributed by atoms with Gasteiger partial charge in [0.2, 0.25) is 0 Å². The molecular formula is C18H18FN5O3. The summed E-state index contributed by atoms with van der Waals surface area (Å²) in [5.74, 6) is -1.37. The van der Waals surface area contributed by atoms with Crippen LogP contribution in [0.1, 0.15) is 36.2 Å². The van der Waals surface area contributed by atoms with E-state index in [1.54, 1.807) is 12.1 Å². The second-order valence-corrected chi connectivity index (χ2v) is 6.33. The van der Waals surface area contributed by atoms with Gasteiger partial charge in [0.05, 0.1) is 11.3 Å². The van der Waals surface area contributed by atoms with Crippen LogP contribution in [0.5, 0.6) is 0 Å². The van der Waals surface area contributed by atoms with E-state index in [9.17, 15) is 19.6 Å². The molecule has 27 heavy (non-hydrogen) atoms. The lowest BCUT2D eigenvalue weighted by molar-refractivity contribution is -0.163. The molecule has 9 heteroatoms. The van der Waals surface area contributed by atoms with Gasteiger partial charge < -0.3 is 15.2 Å². The number of carboxylic acids is 1. The number of hydrogen-bond acceptors (Lipinski definition) is 6. The smallest absolute Gasteiger partial charge is 0.336 e. The molecule has 1 aliphatic rings. The van der Waals surface area contributed by atoms with E-state index in [2.05, 4.69) is 20.5 Å². The third kappa shape index (κ3) is 3.52. The Kier molecular flexibility index (Phi) is 4.92. The highest BCUT2D eigenvalue weighted by molar-refractivity contribution is 5.81. The Hall–Kier alpha value is -3.25. The zero-order chi connectivity index (χ0) is 19.6. The molecule has 2 aromatic rings. The molecule has 0 saturated carbocycles. The molecule has 3 N–H and O–H groups in total. The number of aromatic nitrogens is 3. The van der Waals surface area contributed by atoms with Gasteiger partial charge in [0, 0.05) is 25.3 Å². The number of pyridine rings is 1. The largest absolute Gasteiger partial charge is 0.479 e. The minimum Gasteiger partial charge on any atom is -0.479 e. The SMILES string of the molecule is COC1(C(=O)O)CC=C(c2nc(Nc3cc(C)[nH]n3)c(F)cc2C#N)CC1. The van der Waals surface area contributed by atoms with Gasteiger partial charge in [0.25, 0.3) is 0 Å². The summed E-state index contributed by atoms with van der Waals surface area (Å²) in [5.41, 5.74) is 0.601. The normalized spacial score (nSPS) is 19.3. The number of nitrogens with one attached hydrogen (secondary N) is 2. The fourth-order valence-corrected chi connectivity index (χ4v) is 3.02. The number of rotatable bonds is 5. The van der Waals surface area contributed by atoms with Gasteiger partial charge in [-0.3, -0.25) is 5.10 Å². The van der Waals surface area contributed by atoms with Gasteiger partial charge in [0.1, 0.15) is 6.07 Å². The molecule has 0 amide bonds. The topological polar surface area (TPSA) is 124 Å². The summed E-state index contributed by atoms with van der Waals surface area (Å²) in [5, 5.41) is 28.3. The Morgan fingerprint density at radius 3 is 2.81 bits per heavy atom. The summed E-state index contributed by atoms with van der Waals surface area (Å²) >= 11 is 0. The first-order valence-electron chi connectivity index (χ1n) is 8.26. The van der Waals surface area contributed by atoms with Gasteiger partial charge >= 0.3 is 5.97 Å². The molecule has 0 radical (unpaired) electrons. The summed E-state index contributed by atoms with van der Waals surface area (Å²) in [6.07, 6.45) is 2.40. The van der Waals surface area contributed by atoms with Crippen LogP contribution in [-0.4, -0.2) is 39.0 Å². The number of carboxylic acid groups (broad SMARTS) is 1. The van der Waals surface area contributed by atoms with Crippen molar-refractivity contribution in [3.63, 3.8) is 0 Å². The lowest BCUT2D eigenvalue weighted by atomic mass is 9.83. The van der Waals surface area contributed by atoms with Crippen LogP contribution in [0.15, 0.2) is 18.2 Å². The first kappa shape index (κ1) is 18.5. The van der Waals surface area contributed by atoms with Crippen molar-refractivity contribution < 1.29 is 19.0 Å². The van der Waals surface area contributed by atoms with E-state index in [1.165, 1.54) is 7.11 Å². The maximum Gasteiger partial charge on any atom is 0.336 e. The van der Waals surface area contributed by atoms with Crippen LogP contribution in [-0.2, 0) is 9.53 Å². The van der Waals surface area contributed by atoms with Gasteiger partial charge in [-0.25, -0.2) is 14.2 Å². The lowest BCUT2D eigenvalue weighted by Gasteiger charge is -2.31. The number of allylic oxidation sites excluding steroid dienone is 1. The maximum atomic E-state index is 14.3. The minimum atomic E-state index is -1.29. The van der Waals surface area contributed by atoms with Crippen LogP contribution in [0.3, 0.4) is 0 Å². The van der Waals surface area contributed by atoms with Gasteiger partial charge in [-0.2, -0.15) is 10.4 Å². The fourth-order valence-electron chi connectivity index (χ4n) is 3.02. The Balaban J connectivity index is 1.96. The van der Waals surface area contributed by atoms with Crippen LogP contribution >= 0.6 is 0 Å². The molecule has 0 fully saturated rings. The van der Waals surface area contributed by atoms with E-state index >= 15 is 0 Å². The third-order valence-corrected chi connectivity index (χ3v) is 4.61. The zero-order valence-corrected chi connectivity index (χ0v) is 14.8. The summed E-state index contributed by atoms with van der Waals surface area (Å²) in [6.45, 7) is 1.81. The van der Waals surface area contributed by atoms with Gasteiger partial charge in [-0.1, -0.05) is 6.08 Å². The van der Waals surface area contributed by atoms with Crippen molar-refractivity contribution in [1.82, 2.24) is 15.2 Å². The number of carbonyl (C=O) groups is 1. The molecule has 0 bridgehead atoms. The molecule has 3 rings (SSSR count). The first-order chi connectivity index (χ1) is 12.9. The molecule has 1 aliphatic carbocycles. The zero-order valence-electron chi connectivity index (χ0n) is 14.8. The molecule has 0 saturated heterocycles. The maximum absolute atomic E-state index is 14.3. The Bertz CT molecular complexity index is 962. The molecule has 0 aliphatic heterocycles. The molecule has 140 valence electrons. The van der Waals surface area contributed by atoms with E-state index in [4.69, 9.17) is 4.74 Å². The van der Waals surface area contributed by atoms with E-state index in [0.717, 1.165) is 11.8 Å². The summed E-state index contributed by atoms with van der Waals surface area (Å²) in [4.78, 5) is 15.8. The average Bonchev–Trinajstić information content (AvgIpc) is 3.07. The number of aryl methyl sites for hydroxylation is 1. The number of anilines is 2. The van der Waals surface area contributed by atoms with Crippen molar-refractivity contribution in [3.05, 3.63) is 41.0 Å². The van der Waals surface area contributed by atoms with Crippen LogP contribution in [0.4, 0.5) is 16.0 Å². The van der Waals surface area contributed by atoms with Crippen molar-refractivity contribution >= 4 is 23.2 Å². The number of methoxy groups -OCH3 is 1. The first-order valence-corrected chi connectivity index (χ1v) is 8.26. The fraction of sp³-hybridized carbons (Fsp3) is 0.333. The van der Waals surface area contributed by atoms with E-state index in [0.29, 0.717) is 23.5 Å². The second kappa shape index (κ2) is 7.17. The molecule has 0 aromatic carbocycles. The predicted molar refractivity (Wildman–Crippen MR) is 94.7 cm³/mol. The number of nitrogens with zero attached hydrogens (tertiary/aromatic N) is 3. The van der Waals surface area contributed by atoms with E-state index in [1.807, 2.05) is 13.0 Å². The van der Waals surface area contributed by atoms with Gasteiger partial charge in [-0.15, -0.1) is 0 Å². The molecule has 2 heterocycles. The van der Waals surface area contributed by atoms with E-state index in [-0.39, 0.29) is 24.2 Å². The van der Waals surface area contributed by atoms with Crippen molar-refractivity contribution in [2.75, 3.05) is 12.4 Å². The van der Waals surface area contributed by atoms with Crippen LogP contribution in [0, 0.1) is 24.1 Å². The molecular weight excluding hydrogens is 353 g/mol. The number of aromatic amines is 1. The number of ether oxygens (including phenoxy) is 1. The summed E-state index contributed by atoms with van der Waals surface area (Å²) < 4.78 is 19.5. The summed E-state index contributed by atoms with van der Waals surface area (Å²) in [6, 6.07) is 4.75. The molecule has 1 unspecified atom stereocenters. The predicted octanol–water partition coefficient (Wildman–Crippen LogP) is 2.90. The van der Waals surface area contributed by atoms with Crippen molar-refractivity contribution in [2.45, 2.75) is 31.8 Å². The lowest BCUT2D eigenvalue weighted by Crippen LogP contribution is -2.41. The van der Waals surface area contributed by atoms with Gasteiger partial charge in [-0.05, 0) is 31.4 Å². The van der Waals surface area contributed by atoms with Crippen molar-refractivity contribution in [3.8, 4) is 6.07 Å². The Labute approximate surface area is 154 Å². The van der Waals surface area contributed by atoms with Crippen LogP contribution < -0.4 is 5.32 Å². The Morgan fingerprint density at radius 1 is 1.52 bits per heavy atom. The monoisotopic (exact) mass is 371 g/mol. The second-order valence-electron chi connectivity index (χ2n) is 6.33. The molecule has 8 nitrogen and oxygen atoms in total. The average molecular weight is 371 g/mol. The van der Waals surface area contributed by atoms with Crippen LogP contribution in [0.25, 0.3) is 5.57 Å². The summed E-state index contributed by atoms with van der Waals surface area (Å²) in [7, 11) is 1.36. The highest BCUT2D eigenvalue weighted by Gasteiger charge is 2.40. The molecule has 1 atom stereocenters. The standard InChI is InChI=1S/C18H18FN5O3/c1-10-7-14(24-23-10)21-16-13(19)8-12(9-20)15(22-16)11-3-5-18(27-2,6-4-11)17(25)26/h3,7-8H,4-6H2,1-2H3,(H,25,26)(H2,21,22,23,24). The van der Waals surface area contributed by atoms with Gasteiger partial charge in [0.15, 0.2) is 23.1 Å².